The predicted octanol–water partition coefficient (Wildman–Crippen LogP) is 1.67. The van der Waals surface area contributed by atoms with Crippen molar-refractivity contribution in [2.75, 3.05) is 18.6 Å². The lowest BCUT2D eigenvalue weighted by Gasteiger charge is -2.27. The van der Waals surface area contributed by atoms with Gasteiger partial charge in [0.2, 0.25) is 0 Å². The van der Waals surface area contributed by atoms with Crippen LogP contribution in [-0.2, 0) is 20.2 Å². The summed E-state index contributed by atoms with van der Waals surface area (Å²) in [6.07, 6.45) is 3.25. The standard InChI is InChI=1S/C16H22N2O4S/c1-3-4-10-16(13-8-6-5-7-9-13)14(19)18(15(20)17-16)11-12-23(2,21)22/h5-9H,3-4,10-12H2,1-2H3,(H,17,20)/t16-/m0/s1. The molecule has 126 valence electrons. The molecular formula is C16H22N2O4S. The largest absolute Gasteiger partial charge is 0.325 e. The van der Waals surface area contributed by atoms with Crippen LogP contribution in [-0.4, -0.2) is 43.8 Å². The van der Waals surface area contributed by atoms with Gasteiger partial charge >= 0.3 is 6.03 Å². The van der Waals surface area contributed by atoms with Crippen LogP contribution in [0.25, 0.3) is 0 Å². The van der Waals surface area contributed by atoms with Crippen molar-refractivity contribution in [2.24, 2.45) is 0 Å². The van der Waals surface area contributed by atoms with E-state index in [9.17, 15) is 18.0 Å². The summed E-state index contributed by atoms with van der Waals surface area (Å²) < 4.78 is 22.7. The number of nitrogens with one attached hydrogen (secondary N) is 1. The molecule has 1 aliphatic rings. The van der Waals surface area contributed by atoms with E-state index in [4.69, 9.17) is 0 Å². The van der Waals surface area contributed by atoms with E-state index in [2.05, 4.69) is 5.32 Å². The summed E-state index contributed by atoms with van der Waals surface area (Å²) in [6, 6.07) is 8.59. The summed E-state index contributed by atoms with van der Waals surface area (Å²) in [4.78, 5) is 26.2. The molecule has 0 saturated carbocycles. The van der Waals surface area contributed by atoms with Crippen molar-refractivity contribution in [2.45, 2.75) is 31.7 Å². The minimum atomic E-state index is -3.25. The third kappa shape index (κ3) is 3.72. The van der Waals surface area contributed by atoms with Crippen LogP contribution in [0.2, 0.25) is 0 Å². The van der Waals surface area contributed by atoms with Gasteiger partial charge in [-0.15, -0.1) is 0 Å². The van der Waals surface area contributed by atoms with Crippen molar-refractivity contribution in [3.8, 4) is 0 Å². The second kappa shape index (κ2) is 6.70. The summed E-state index contributed by atoms with van der Waals surface area (Å²) in [6.45, 7) is 1.89. The van der Waals surface area contributed by atoms with Crippen LogP contribution in [0.3, 0.4) is 0 Å². The minimum absolute atomic E-state index is 0.121. The normalized spacial score (nSPS) is 21.6. The molecule has 1 aromatic carbocycles. The lowest BCUT2D eigenvalue weighted by atomic mass is 9.85. The van der Waals surface area contributed by atoms with Gasteiger partial charge in [0.15, 0.2) is 0 Å². The molecule has 3 amide bonds. The molecular weight excluding hydrogens is 316 g/mol. The van der Waals surface area contributed by atoms with Crippen molar-refractivity contribution in [3.05, 3.63) is 35.9 Å². The number of carbonyl (C=O) groups is 2. The molecule has 7 heteroatoms. The molecule has 0 unspecified atom stereocenters. The zero-order valence-electron chi connectivity index (χ0n) is 13.4. The van der Waals surface area contributed by atoms with Crippen molar-refractivity contribution < 1.29 is 18.0 Å². The van der Waals surface area contributed by atoms with Gasteiger partial charge in [-0.3, -0.25) is 9.69 Å². The molecule has 0 aromatic heterocycles. The Balaban J connectivity index is 2.33. The van der Waals surface area contributed by atoms with E-state index >= 15 is 0 Å². The molecule has 6 nitrogen and oxygen atoms in total. The summed E-state index contributed by atoms with van der Waals surface area (Å²) in [5.41, 5.74) is -0.361. The maximum atomic E-state index is 12.9. The molecule has 23 heavy (non-hydrogen) atoms. The Morgan fingerprint density at radius 3 is 2.39 bits per heavy atom. The van der Waals surface area contributed by atoms with Gasteiger partial charge in [-0.1, -0.05) is 50.1 Å². The van der Waals surface area contributed by atoms with Crippen LogP contribution < -0.4 is 5.32 Å². The Bertz CT molecular complexity index is 687. The van der Waals surface area contributed by atoms with Gasteiger partial charge in [0.05, 0.1) is 5.75 Å². The first-order valence-corrected chi connectivity index (χ1v) is 9.73. The Morgan fingerprint density at radius 1 is 1.17 bits per heavy atom. The number of amides is 3. The van der Waals surface area contributed by atoms with E-state index in [1.54, 1.807) is 0 Å². The molecule has 0 bridgehead atoms. The third-order valence-corrected chi connectivity index (χ3v) is 4.96. The number of unbranched alkanes of at least 4 members (excludes halogenated alkanes) is 1. The molecule has 1 aliphatic heterocycles. The fourth-order valence-electron chi connectivity index (χ4n) is 2.76. The fraction of sp³-hybridized carbons (Fsp3) is 0.500. The van der Waals surface area contributed by atoms with Crippen molar-refractivity contribution in [1.29, 1.82) is 0 Å². The summed E-state index contributed by atoms with van der Waals surface area (Å²) in [5.74, 6) is -0.601. The number of hydrogen-bond acceptors (Lipinski definition) is 4. The van der Waals surface area contributed by atoms with E-state index in [1.165, 1.54) is 0 Å². The average Bonchev–Trinajstić information content (AvgIpc) is 2.75. The van der Waals surface area contributed by atoms with Gasteiger partial charge in [0.1, 0.15) is 15.4 Å². The summed E-state index contributed by atoms with van der Waals surface area (Å²) in [7, 11) is -3.25. The van der Waals surface area contributed by atoms with Crippen LogP contribution in [0, 0.1) is 0 Å². The lowest BCUT2D eigenvalue weighted by Crippen LogP contribution is -2.44. The first kappa shape index (κ1) is 17.5. The number of nitrogens with zero attached hydrogens (tertiary/aromatic N) is 1. The highest BCUT2D eigenvalue weighted by molar-refractivity contribution is 7.90. The molecule has 2 rings (SSSR count). The van der Waals surface area contributed by atoms with E-state index < -0.39 is 21.4 Å². The zero-order valence-corrected chi connectivity index (χ0v) is 14.2. The maximum Gasteiger partial charge on any atom is 0.325 e. The van der Waals surface area contributed by atoms with Crippen molar-refractivity contribution in [1.82, 2.24) is 10.2 Å². The van der Waals surface area contributed by atoms with E-state index in [0.717, 1.165) is 29.6 Å². The van der Waals surface area contributed by atoms with E-state index in [0.29, 0.717) is 6.42 Å². The predicted molar refractivity (Wildman–Crippen MR) is 87.6 cm³/mol. The molecule has 1 heterocycles. The SMILES string of the molecule is CCCC[C@@]1(c2ccccc2)NC(=O)N(CCS(C)(=O)=O)C1=O. The van der Waals surface area contributed by atoms with Gasteiger partial charge in [-0.25, -0.2) is 13.2 Å². The van der Waals surface area contributed by atoms with Gasteiger partial charge < -0.3 is 5.32 Å². The number of sulfone groups is 1. The highest BCUT2D eigenvalue weighted by Crippen LogP contribution is 2.34. The molecule has 1 N–H and O–H groups in total. The van der Waals surface area contributed by atoms with Crippen LogP contribution in [0.15, 0.2) is 30.3 Å². The highest BCUT2D eigenvalue weighted by Gasteiger charge is 2.51. The first-order chi connectivity index (χ1) is 10.8. The monoisotopic (exact) mass is 338 g/mol. The summed E-state index contributed by atoms with van der Waals surface area (Å²) in [5, 5.41) is 2.80. The zero-order chi connectivity index (χ0) is 17.1. The Morgan fingerprint density at radius 2 is 1.83 bits per heavy atom. The van der Waals surface area contributed by atoms with Gasteiger partial charge in [0, 0.05) is 12.8 Å². The van der Waals surface area contributed by atoms with E-state index in [1.807, 2.05) is 37.3 Å². The molecule has 1 saturated heterocycles. The minimum Gasteiger partial charge on any atom is -0.319 e. The second-order valence-electron chi connectivity index (χ2n) is 5.89. The van der Waals surface area contributed by atoms with Crippen LogP contribution in [0.4, 0.5) is 4.79 Å². The van der Waals surface area contributed by atoms with Gasteiger partial charge in [-0.05, 0) is 12.0 Å². The molecule has 1 atom stereocenters. The highest BCUT2D eigenvalue weighted by atomic mass is 32.2. The smallest absolute Gasteiger partial charge is 0.319 e. The van der Waals surface area contributed by atoms with Gasteiger partial charge in [0.25, 0.3) is 5.91 Å². The molecule has 1 fully saturated rings. The summed E-state index contributed by atoms with van der Waals surface area (Å²) >= 11 is 0. The van der Waals surface area contributed by atoms with Crippen LogP contribution >= 0.6 is 0 Å². The Kier molecular flexibility index (Phi) is 5.09. The molecule has 1 aromatic rings. The van der Waals surface area contributed by atoms with Crippen LogP contribution in [0.5, 0.6) is 0 Å². The molecule has 0 radical (unpaired) electrons. The molecule has 0 spiro atoms. The topological polar surface area (TPSA) is 83.6 Å². The van der Waals surface area contributed by atoms with E-state index in [-0.39, 0.29) is 18.2 Å². The van der Waals surface area contributed by atoms with Crippen LogP contribution in [0.1, 0.15) is 31.7 Å². The quantitative estimate of drug-likeness (QED) is 0.767. The number of hydrogen-bond donors (Lipinski definition) is 1. The van der Waals surface area contributed by atoms with Gasteiger partial charge in [-0.2, -0.15) is 0 Å². The number of imide groups is 1. The second-order valence-corrected chi connectivity index (χ2v) is 8.15. The number of benzene rings is 1. The maximum absolute atomic E-state index is 12.9. The fourth-order valence-corrected chi connectivity index (χ4v) is 3.27. The number of rotatable bonds is 7. The first-order valence-electron chi connectivity index (χ1n) is 7.67. The van der Waals surface area contributed by atoms with Crippen molar-refractivity contribution in [3.63, 3.8) is 0 Å². The average molecular weight is 338 g/mol. The number of carbonyl (C=O) groups excluding carboxylic acids is 2. The Labute approximate surface area is 136 Å². The molecule has 0 aliphatic carbocycles. The number of urea groups is 1. The van der Waals surface area contributed by atoms with Crippen molar-refractivity contribution >= 4 is 21.8 Å². The lowest BCUT2D eigenvalue weighted by molar-refractivity contribution is -0.131. The Hall–Kier alpha value is -1.89. The third-order valence-electron chi connectivity index (χ3n) is 4.03.